The molecule has 2 aromatic carbocycles. The summed E-state index contributed by atoms with van der Waals surface area (Å²) in [6.45, 7) is 5.31. The monoisotopic (exact) mass is 363 g/mol. The predicted molar refractivity (Wildman–Crippen MR) is 102 cm³/mol. The summed E-state index contributed by atoms with van der Waals surface area (Å²) in [5, 5.41) is 4.12. The maximum Gasteiger partial charge on any atom is 0.166 e. The molecule has 0 radical (unpaired) electrons. The number of ether oxygens (including phenoxy) is 3. The molecule has 2 aromatic rings. The molecule has 0 heterocycles. The van der Waals surface area contributed by atoms with Gasteiger partial charge in [-0.25, -0.2) is 0 Å². The number of hydrogen-bond acceptors (Lipinski definition) is 4. The molecule has 0 atom stereocenters. The molecule has 5 heteroatoms. The minimum atomic E-state index is 0.403. The van der Waals surface area contributed by atoms with Gasteiger partial charge in [0.2, 0.25) is 0 Å². The van der Waals surface area contributed by atoms with E-state index in [-0.39, 0.29) is 0 Å². The minimum absolute atomic E-state index is 0.403. The molecule has 0 bridgehead atoms. The zero-order chi connectivity index (χ0) is 17.9. The number of hydrogen-bond donors (Lipinski definition) is 1. The number of benzene rings is 2. The fourth-order valence-electron chi connectivity index (χ4n) is 2.46. The van der Waals surface area contributed by atoms with Gasteiger partial charge in [0.15, 0.2) is 11.5 Å². The Bertz CT molecular complexity index is 649. The van der Waals surface area contributed by atoms with Crippen LogP contribution in [0.1, 0.15) is 24.5 Å². The van der Waals surface area contributed by atoms with Crippen molar-refractivity contribution in [2.24, 2.45) is 0 Å². The third-order valence-electron chi connectivity index (χ3n) is 3.71. The van der Waals surface area contributed by atoms with E-state index in [1.54, 1.807) is 7.11 Å². The fourth-order valence-corrected chi connectivity index (χ4v) is 2.65. The second kappa shape index (κ2) is 11.0. The van der Waals surface area contributed by atoms with Crippen molar-refractivity contribution in [2.45, 2.75) is 26.5 Å². The minimum Gasteiger partial charge on any atom is -0.490 e. The summed E-state index contributed by atoms with van der Waals surface area (Å²) in [7, 11) is 1.71. The molecule has 0 aliphatic heterocycles. The van der Waals surface area contributed by atoms with Crippen LogP contribution in [0.2, 0.25) is 5.02 Å². The third kappa shape index (κ3) is 6.24. The average Bonchev–Trinajstić information content (AvgIpc) is 2.62. The molecule has 0 saturated carbocycles. The Labute approximate surface area is 155 Å². The van der Waals surface area contributed by atoms with Crippen LogP contribution in [0.4, 0.5) is 0 Å². The van der Waals surface area contributed by atoms with Crippen molar-refractivity contribution in [1.82, 2.24) is 5.32 Å². The smallest absolute Gasteiger partial charge is 0.166 e. The zero-order valence-corrected chi connectivity index (χ0v) is 15.6. The first-order valence-corrected chi connectivity index (χ1v) is 8.94. The Morgan fingerprint density at radius 1 is 1.00 bits per heavy atom. The van der Waals surface area contributed by atoms with Crippen molar-refractivity contribution >= 4 is 11.6 Å². The fraction of sp³-hybridized carbons (Fsp3) is 0.400. The lowest BCUT2D eigenvalue weighted by molar-refractivity contribution is 0.194. The summed E-state index contributed by atoms with van der Waals surface area (Å²) in [6.07, 6.45) is 0.970. The number of para-hydroxylation sites is 1. The molecule has 0 unspecified atom stereocenters. The lowest BCUT2D eigenvalue weighted by atomic mass is 10.1. The molecule has 0 spiro atoms. The highest BCUT2D eigenvalue weighted by Crippen LogP contribution is 2.32. The van der Waals surface area contributed by atoms with Gasteiger partial charge in [-0.05, 0) is 32.0 Å². The quantitative estimate of drug-likeness (QED) is 0.599. The molecule has 0 fully saturated rings. The first-order valence-electron chi connectivity index (χ1n) is 8.56. The van der Waals surface area contributed by atoms with E-state index in [0.717, 1.165) is 42.2 Å². The molecule has 0 amide bonds. The second-order valence-corrected chi connectivity index (χ2v) is 5.99. The molecule has 2 rings (SSSR count). The number of methoxy groups -OCH3 is 1. The molecule has 0 aliphatic carbocycles. The van der Waals surface area contributed by atoms with Gasteiger partial charge in [-0.15, -0.1) is 0 Å². The summed E-state index contributed by atoms with van der Waals surface area (Å²) in [6, 6.07) is 13.7. The number of nitrogens with one attached hydrogen (secondary N) is 1. The highest BCUT2D eigenvalue weighted by atomic mass is 35.5. The van der Waals surface area contributed by atoms with Crippen LogP contribution in [0, 0.1) is 0 Å². The summed E-state index contributed by atoms with van der Waals surface area (Å²) in [5.74, 6) is 1.52. The molecular formula is C20H26ClNO3. The largest absolute Gasteiger partial charge is 0.490 e. The van der Waals surface area contributed by atoms with Crippen molar-refractivity contribution in [3.63, 3.8) is 0 Å². The van der Waals surface area contributed by atoms with Crippen LogP contribution < -0.4 is 14.8 Å². The summed E-state index contributed by atoms with van der Waals surface area (Å²) >= 11 is 6.23. The summed E-state index contributed by atoms with van der Waals surface area (Å²) < 4.78 is 16.9. The van der Waals surface area contributed by atoms with Crippen LogP contribution in [0.15, 0.2) is 42.5 Å². The first-order chi connectivity index (χ1) is 12.3. The van der Waals surface area contributed by atoms with Crippen molar-refractivity contribution in [3.8, 4) is 11.5 Å². The normalized spacial score (nSPS) is 10.7. The van der Waals surface area contributed by atoms with E-state index in [0.29, 0.717) is 24.8 Å². The summed E-state index contributed by atoms with van der Waals surface area (Å²) in [5.41, 5.74) is 2.02. The molecule has 0 aromatic heterocycles. The zero-order valence-electron chi connectivity index (χ0n) is 14.9. The highest BCUT2D eigenvalue weighted by molar-refractivity contribution is 6.31. The van der Waals surface area contributed by atoms with Gasteiger partial charge in [-0.3, -0.25) is 0 Å². The van der Waals surface area contributed by atoms with Crippen molar-refractivity contribution < 1.29 is 14.2 Å². The lowest BCUT2D eigenvalue weighted by Crippen LogP contribution is -2.17. The molecule has 4 nitrogen and oxygen atoms in total. The Balaban J connectivity index is 2.08. The van der Waals surface area contributed by atoms with Gasteiger partial charge in [-0.2, -0.15) is 0 Å². The van der Waals surface area contributed by atoms with E-state index in [4.69, 9.17) is 25.8 Å². The van der Waals surface area contributed by atoms with E-state index < -0.39 is 0 Å². The van der Waals surface area contributed by atoms with Crippen molar-refractivity contribution in [1.29, 1.82) is 0 Å². The van der Waals surface area contributed by atoms with E-state index in [1.165, 1.54) is 0 Å². The van der Waals surface area contributed by atoms with Crippen molar-refractivity contribution in [3.05, 3.63) is 58.6 Å². The molecule has 136 valence electrons. The number of rotatable bonds is 11. The topological polar surface area (TPSA) is 39.7 Å². The van der Waals surface area contributed by atoms with Crippen LogP contribution >= 0.6 is 11.6 Å². The Morgan fingerprint density at radius 2 is 1.80 bits per heavy atom. The van der Waals surface area contributed by atoms with E-state index in [1.807, 2.05) is 49.4 Å². The predicted octanol–water partition coefficient (Wildman–Crippen LogP) is 4.44. The van der Waals surface area contributed by atoms with Gasteiger partial charge in [0.05, 0.1) is 6.61 Å². The van der Waals surface area contributed by atoms with Crippen LogP contribution in [0.25, 0.3) is 0 Å². The van der Waals surface area contributed by atoms with Gasteiger partial charge in [0.25, 0.3) is 0 Å². The molecule has 0 saturated heterocycles. The Kier molecular flexibility index (Phi) is 8.60. The maximum absolute atomic E-state index is 6.23. The van der Waals surface area contributed by atoms with E-state index in [9.17, 15) is 0 Å². The van der Waals surface area contributed by atoms with Crippen molar-refractivity contribution in [2.75, 3.05) is 26.9 Å². The summed E-state index contributed by atoms with van der Waals surface area (Å²) in [4.78, 5) is 0. The van der Waals surface area contributed by atoms with Gasteiger partial charge < -0.3 is 19.5 Å². The van der Waals surface area contributed by atoms with E-state index in [2.05, 4.69) is 5.32 Å². The molecule has 25 heavy (non-hydrogen) atoms. The van der Waals surface area contributed by atoms with Gasteiger partial charge in [0, 0.05) is 36.4 Å². The maximum atomic E-state index is 6.23. The number of halogens is 1. The van der Waals surface area contributed by atoms with Crippen LogP contribution in [-0.2, 0) is 17.9 Å². The first kappa shape index (κ1) is 19.6. The Hall–Kier alpha value is -1.75. The second-order valence-electron chi connectivity index (χ2n) is 5.58. The Morgan fingerprint density at radius 3 is 2.56 bits per heavy atom. The van der Waals surface area contributed by atoms with E-state index >= 15 is 0 Å². The van der Waals surface area contributed by atoms with Crippen LogP contribution in [0.5, 0.6) is 11.5 Å². The van der Waals surface area contributed by atoms with Crippen LogP contribution in [-0.4, -0.2) is 26.9 Å². The van der Waals surface area contributed by atoms with Crippen LogP contribution in [0.3, 0.4) is 0 Å². The molecule has 1 N–H and O–H groups in total. The standard InChI is InChI=1S/C20H26ClNO3/c1-3-24-19-11-6-9-16(14-22-12-7-13-23-2)20(19)25-15-17-8-4-5-10-18(17)21/h4-6,8-11,22H,3,7,12-15H2,1-2H3. The lowest BCUT2D eigenvalue weighted by Gasteiger charge is -2.17. The third-order valence-corrected chi connectivity index (χ3v) is 4.08. The van der Waals surface area contributed by atoms with Gasteiger partial charge >= 0.3 is 0 Å². The average molecular weight is 364 g/mol. The molecular weight excluding hydrogens is 338 g/mol. The molecule has 0 aliphatic rings. The van der Waals surface area contributed by atoms with Gasteiger partial charge in [0.1, 0.15) is 6.61 Å². The SMILES string of the molecule is CCOc1cccc(CNCCCOC)c1OCc1ccccc1Cl. The highest BCUT2D eigenvalue weighted by Gasteiger charge is 2.12. The van der Waals surface area contributed by atoms with Gasteiger partial charge in [-0.1, -0.05) is 41.9 Å².